The number of carbonyl (C=O) groups is 1. The molecule has 1 atom stereocenters. The Bertz CT molecular complexity index is 721. The Morgan fingerprint density at radius 2 is 1.92 bits per heavy atom. The molecule has 1 fully saturated rings. The van der Waals surface area contributed by atoms with Crippen LogP contribution in [0.15, 0.2) is 48.7 Å². The molecule has 1 aromatic heterocycles. The summed E-state index contributed by atoms with van der Waals surface area (Å²) >= 11 is 0. The molecule has 2 N–H and O–H groups in total. The average molecular weight is 353 g/mol. The van der Waals surface area contributed by atoms with Crippen LogP contribution in [0.25, 0.3) is 0 Å². The first-order valence-corrected chi connectivity index (χ1v) is 9.18. The Labute approximate surface area is 155 Å². The van der Waals surface area contributed by atoms with Crippen molar-refractivity contribution in [3.8, 4) is 0 Å². The molecule has 0 spiro atoms. The molecule has 2 aromatic rings. The number of pyridine rings is 1. The fourth-order valence-electron chi connectivity index (χ4n) is 3.28. The molecule has 26 heavy (non-hydrogen) atoms. The van der Waals surface area contributed by atoms with E-state index in [0.29, 0.717) is 5.56 Å². The Morgan fingerprint density at radius 1 is 1.23 bits per heavy atom. The van der Waals surface area contributed by atoms with E-state index in [1.807, 2.05) is 31.3 Å². The number of amides is 1. The lowest BCUT2D eigenvalue weighted by Gasteiger charge is -2.34. The van der Waals surface area contributed by atoms with Gasteiger partial charge in [0.25, 0.3) is 5.91 Å². The highest BCUT2D eigenvalue weighted by Gasteiger charge is 2.34. The quantitative estimate of drug-likeness (QED) is 0.866. The number of likely N-dealkylation sites (tertiary alicyclic amines) is 1. The number of aromatic nitrogens is 1. The summed E-state index contributed by atoms with van der Waals surface area (Å²) in [6.07, 6.45) is 3.65. The van der Waals surface area contributed by atoms with E-state index in [4.69, 9.17) is 0 Å². The summed E-state index contributed by atoms with van der Waals surface area (Å²) in [7, 11) is 0. The summed E-state index contributed by atoms with van der Waals surface area (Å²) in [6.45, 7) is 6.25. The average Bonchev–Trinajstić information content (AvgIpc) is 2.66. The molecule has 0 saturated carbocycles. The summed E-state index contributed by atoms with van der Waals surface area (Å²) in [5.41, 5.74) is 1.34. The first-order chi connectivity index (χ1) is 12.4. The van der Waals surface area contributed by atoms with Crippen molar-refractivity contribution in [3.05, 3.63) is 65.5 Å². The molecular weight excluding hydrogens is 326 g/mol. The first kappa shape index (κ1) is 18.5. The van der Waals surface area contributed by atoms with Crippen molar-refractivity contribution in [3.63, 3.8) is 0 Å². The van der Waals surface area contributed by atoms with Gasteiger partial charge in [0.15, 0.2) is 5.60 Å². The maximum Gasteiger partial charge on any atom is 0.256 e. The molecule has 1 aromatic carbocycles. The van der Waals surface area contributed by atoms with Gasteiger partial charge in [-0.05, 0) is 43.9 Å². The smallest absolute Gasteiger partial charge is 0.256 e. The van der Waals surface area contributed by atoms with E-state index in [1.54, 1.807) is 19.1 Å². The van der Waals surface area contributed by atoms with Crippen LogP contribution in [0, 0.1) is 6.92 Å². The third-order valence-electron chi connectivity index (χ3n) is 5.06. The van der Waals surface area contributed by atoms with Gasteiger partial charge in [0.05, 0.1) is 5.69 Å². The van der Waals surface area contributed by atoms with E-state index in [9.17, 15) is 9.90 Å². The number of hydrogen-bond donors (Lipinski definition) is 2. The summed E-state index contributed by atoms with van der Waals surface area (Å²) in [5.74, 6) is -0.331. The van der Waals surface area contributed by atoms with Gasteiger partial charge in [-0.25, -0.2) is 0 Å². The van der Waals surface area contributed by atoms with Crippen LogP contribution in [0.3, 0.4) is 0 Å². The second-order valence-electron chi connectivity index (χ2n) is 7.29. The number of carbonyl (C=O) groups excluding carboxylic acids is 1. The van der Waals surface area contributed by atoms with Crippen LogP contribution in [0.1, 0.15) is 36.6 Å². The van der Waals surface area contributed by atoms with Gasteiger partial charge in [0.1, 0.15) is 0 Å². The van der Waals surface area contributed by atoms with E-state index < -0.39 is 5.60 Å². The highest BCUT2D eigenvalue weighted by molar-refractivity contribution is 5.86. The second kappa shape index (κ2) is 7.98. The van der Waals surface area contributed by atoms with Gasteiger partial charge in [-0.2, -0.15) is 0 Å². The number of piperidine rings is 1. The lowest BCUT2D eigenvalue weighted by atomic mass is 9.94. The van der Waals surface area contributed by atoms with E-state index in [0.717, 1.165) is 38.2 Å². The normalized spacial score (nSPS) is 18.3. The molecule has 5 heteroatoms. The lowest BCUT2D eigenvalue weighted by Crippen LogP contribution is -2.50. The molecule has 0 radical (unpaired) electrons. The van der Waals surface area contributed by atoms with Gasteiger partial charge in [0, 0.05) is 31.9 Å². The largest absolute Gasteiger partial charge is 0.376 e. The molecule has 3 rings (SSSR count). The minimum absolute atomic E-state index is 0.0971. The molecule has 1 unspecified atom stereocenters. The van der Waals surface area contributed by atoms with Crippen molar-refractivity contribution in [2.24, 2.45) is 0 Å². The molecule has 1 saturated heterocycles. The molecule has 138 valence electrons. The third-order valence-corrected chi connectivity index (χ3v) is 5.06. The van der Waals surface area contributed by atoms with Crippen molar-refractivity contribution >= 4 is 5.91 Å². The zero-order valence-corrected chi connectivity index (χ0v) is 15.5. The maximum absolute atomic E-state index is 12.6. The summed E-state index contributed by atoms with van der Waals surface area (Å²) in [5, 5.41) is 13.6. The fraction of sp³-hybridized carbons (Fsp3) is 0.429. The minimum Gasteiger partial charge on any atom is -0.376 e. The Hall–Kier alpha value is -2.24. The van der Waals surface area contributed by atoms with Crippen LogP contribution in [0.2, 0.25) is 0 Å². The molecule has 2 heterocycles. The maximum atomic E-state index is 12.6. The van der Waals surface area contributed by atoms with Crippen LogP contribution in [-0.4, -0.2) is 40.0 Å². The fourth-order valence-corrected chi connectivity index (χ4v) is 3.28. The van der Waals surface area contributed by atoms with Crippen molar-refractivity contribution in [2.45, 2.75) is 44.9 Å². The van der Waals surface area contributed by atoms with E-state index in [2.05, 4.69) is 27.3 Å². The number of nitrogens with one attached hydrogen (secondary N) is 1. The standard InChI is InChI=1S/C21H27N3O2/c1-16-8-9-19(22-14-16)15-24-12-10-18(11-13-24)23-20(25)21(2,26)17-6-4-3-5-7-17/h3-9,14,18,26H,10-13,15H2,1-2H3,(H,23,25). The number of aliphatic hydroxyl groups is 1. The van der Waals surface area contributed by atoms with Gasteiger partial charge in [-0.15, -0.1) is 0 Å². The van der Waals surface area contributed by atoms with E-state index in [-0.39, 0.29) is 11.9 Å². The molecule has 1 aliphatic rings. The van der Waals surface area contributed by atoms with Crippen LogP contribution in [0.5, 0.6) is 0 Å². The Kier molecular flexibility index (Phi) is 5.69. The third kappa shape index (κ3) is 4.48. The van der Waals surface area contributed by atoms with Crippen molar-refractivity contribution < 1.29 is 9.90 Å². The molecule has 0 aliphatic carbocycles. The lowest BCUT2D eigenvalue weighted by molar-refractivity contribution is -0.140. The summed E-state index contributed by atoms with van der Waals surface area (Å²) in [4.78, 5) is 19.4. The van der Waals surface area contributed by atoms with Gasteiger partial charge in [-0.3, -0.25) is 14.7 Å². The van der Waals surface area contributed by atoms with Crippen molar-refractivity contribution in [1.82, 2.24) is 15.2 Å². The molecular formula is C21H27N3O2. The van der Waals surface area contributed by atoms with Gasteiger partial charge in [-0.1, -0.05) is 36.4 Å². The summed E-state index contributed by atoms with van der Waals surface area (Å²) < 4.78 is 0. The number of nitrogens with zero attached hydrogens (tertiary/aromatic N) is 2. The van der Waals surface area contributed by atoms with Crippen molar-refractivity contribution in [1.29, 1.82) is 0 Å². The minimum atomic E-state index is -1.51. The Morgan fingerprint density at radius 3 is 2.54 bits per heavy atom. The summed E-state index contributed by atoms with van der Waals surface area (Å²) in [6, 6.07) is 13.3. The highest BCUT2D eigenvalue weighted by atomic mass is 16.3. The SMILES string of the molecule is Cc1ccc(CN2CCC(NC(=O)C(C)(O)c3ccccc3)CC2)nc1. The molecule has 1 aliphatic heterocycles. The number of rotatable bonds is 5. The molecule has 0 bridgehead atoms. The van der Waals surface area contributed by atoms with Gasteiger partial charge < -0.3 is 10.4 Å². The highest BCUT2D eigenvalue weighted by Crippen LogP contribution is 2.22. The van der Waals surface area contributed by atoms with Gasteiger partial charge in [0.2, 0.25) is 0 Å². The topological polar surface area (TPSA) is 65.5 Å². The van der Waals surface area contributed by atoms with Crippen LogP contribution in [0.4, 0.5) is 0 Å². The van der Waals surface area contributed by atoms with Crippen LogP contribution in [-0.2, 0) is 16.9 Å². The van der Waals surface area contributed by atoms with Crippen molar-refractivity contribution in [2.75, 3.05) is 13.1 Å². The van der Waals surface area contributed by atoms with E-state index in [1.165, 1.54) is 5.56 Å². The predicted octanol–water partition coefficient (Wildman–Crippen LogP) is 2.38. The van der Waals surface area contributed by atoms with E-state index >= 15 is 0 Å². The zero-order chi connectivity index (χ0) is 18.6. The monoisotopic (exact) mass is 353 g/mol. The molecule has 1 amide bonds. The number of benzene rings is 1. The number of hydrogen-bond acceptors (Lipinski definition) is 4. The second-order valence-corrected chi connectivity index (χ2v) is 7.29. The first-order valence-electron chi connectivity index (χ1n) is 9.18. The van der Waals surface area contributed by atoms with Gasteiger partial charge >= 0.3 is 0 Å². The zero-order valence-electron chi connectivity index (χ0n) is 15.5. The predicted molar refractivity (Wildman–Crippen MR) is 101 cm³/mol. The molecule has 5 nitrogen and oxygen atoms in total. The van der Waals surface area contributed by atoms with Crippen LogP contribution >= 0.6 is 0 Å². The Balaban J connectivity index is 1.50. The number of aryl methyl sites for hydroxylation is 1. The van der Waals surface area contributed by atoms with Crippen LogP contribution < -0.4 is 5.32 Å².